The van der Waals surface area contributed by atoms with Crippen molar-refractivity contribution in [2.45, 2.75) is 5.54 Å². The molecule has 1 aliphatic carbocycles. The Hall–Kier alpha value is -2.26. The number of carbonyl (C=O) groups excluding carboxylic acids is 2. The summed E-state index contributed by atoms with van der Waals surface area (Å²) in [5.41, 5.74) is 1.17. The molecule has 0 saturated carbocycles. The van der Waals surface area contributed by atoms with Crippen molar-refractivity contribution in [1.82, 2.24) is 10.9 Å². The average Bonchev–Trinajstić information content (AvgIpc) is 2.36. The van der Waals surface area contributed by atoms with Gasteiger partial charge in [0.05, 0.1) is 0 Å². The number of hydrazine groups is 2. The van der Waals surface area contributed by atoms with Crippen molar-refractivity contribution in [3.63, 3.8) is 0 Å². The van der Waals surface area contributed by atoms with E-state index in [0.717, 1.165) is 6.08 Å². The lowest BCUT2D eigenvalue weighted by Crippen LogP contribution is -2.61. The first-order chi connectivity index (χ1) is 8.00. The van der Waals surface area contributed by atoms with Crippen LogP contribution in [0.15, 0.2) is 24.3 Å². The monoisotopic (exact) mass is 241 g/mol. The van der Waals surface area contributed by atoms with E-state index in [1.54, 1.807) is 10.9 Å². The number of allylic oxidation sites excluding steroid dienone is 2. The molecule has 0 heterocycles. The predicted molar refractivity (Wildman–Crippen MR) is 56.2 cm³/mol. The second-order valence-electron chi connectivity index (χ2n) is 3.29. The molecule has 17 heavy (non-hydrogen) atoms. The molecule has 0 fully saturated rings. The van der Waals surface area contributed by atoms with Gasteiger partial charge in [0.15, 0.2) is 0 Å². The number of nitro groups is 1. The highest BCUT2D eigenvalue weighted by atomic mass is 16.6. The zero-order chi connectivity index (χ0) is 13.1. The van der Waals surface area contributed by atoms with Gasteiger partial charge in [0, 0.05) is 11.0 Å². The molecule has 2 atom stereocenters. The first-order valence-corrected chi connectivity index (χ1v) is 4.52. The fourth-order valence-corrected chi connectivity index (χ4v) is 1.59. The van der Waals surface area contributed by atoms with Crippen molar-refractivity contribution in [2.75, 3.05) is 0 Å². The summed E-state index contributed by atoms with van der Waals surface area (Å²) in [5.74, 6) is 6.51. The molecule has 0 saturated heterocycles. The molecule has 0 aliphatic heterocycles. The summed E-state index contributed by atoms with van der Waals surface area (Å²) < 4.78 is 0. The van der Waals surface area contributed by atoms with Gasteiger partial charge in [0.25, 0.3) is 0 Å². The van der Waals surface area contributed by atoms with Crippen molar-refractivity contribution in [1.29, 1.82) is 0 Å². The highest BCUT2D eigenvalue weighted by molar-refractivity contribution is 5.95. The summed E-state index contributed by atoms with van der Waals surface area (Å²) in [6, 6.07) is 0. The normalized spacial score (nSPS) is 26.4. The molecular formula is C8H11N5O4. The maximum absolute atomic E-state index is 11.6. The molecule has 2 unspecified atom stereocenters. The molecule has 0 bridgehead atoms. The Morgan fingerprint density at radius 2 is 1.94 bits per heavy atom. The van der Waals surface area contributed by atoms with Crippen LogP contribution in [0.25, 0.3) is 0 Å². The summed E-state index contributed by atoms with van der Waals surface area (Å²) in [6.45, 7) is 0. The first kappa shape index (κ1) is 12.8. The second-order valence-corrected chi connectivity index (χ2v) is 3.29. The summed E-state index contributed by atoms with van der Waals surface area (Å²) >= 11 is 0. The highest BCUT2D eigenvalue weighted by Gasteiger charge is 2.58. The first-order valence-electron chi connectivity index (χ1n) is 4.52. The fraction of sp³-hybridized carbons (Fsp3) is 0.250. The van der Waals surface area contributed by atoms with Crippen LogP contribution >= 0.6 is 0 Å². The fourth-order valence-electron chi connectivity index (χ4n) is 1.59. The van der Waals surface area contributed by atoms with E-state index in [2.05, 4.69) is 0 Å². The molecular weight excluding hydrogens is 230 g/mol. The minimum atomic E-state index is -2.28. The van der Waals surface area contributed by atoms with Gasteiger partial charge in [-0.25, -0.2) is 11.7 Å². The average molecular weight is 241 g/mol. The van der Waals surface area contributed by atoms with Gasteiger partial charge in [0.1, 0.15) is 5.92 Å². The summed E-state index contributed by atoms with van der Waals surface area (Å²) in [6.07, 6.45) is 4.90. The van der Waals surface area contributed by atoms with Gasteiger partial charge in [-0.2, -0.15) is 0 Å². The van der Waals surface area contributed by atoms with E-state index in [4.69, 9.17) is 11.7 Å². The van der Waals surface area contributed by atoms with Gasteiger partial charge in [0.2, 0.25) is 5.91 Å². The Morgan fingerprint density at radius 3 is 2.41 bits per heavy atom. The standard InChI is InChI=1S/C8H11N5O4/c9-11-6(14)5-3-1-2-4-8(5,13(16)17)7(15)12-10/h1-5H,9-10H2,(H,11,14)(H,12,15). The van der Waals surface area contributed by atoms with E-state index >= 15 is 0 Å². The molecule has 2 amide bonds. The van der Waals surface area contributed by atoms with E-state index < -0.39 is 28.2 Å². The molecule has 92 valence electrons. The zero-order valence-electron chi connectivity index (χ0n) is 8.62. The van der Waals surface area contributed by atoms with Gasteiger partial charge < -0.3 is 0 Å². The topological polar surface area (TPSA) is 153 Å². The molecule has 0 aromatic heterocycles. The quantitative estimate of drug-likeness (QED) is 0.189. The maximum atomic E-state index is 11.6. The largest absolute Gasteiger partial charge is 0.333 e. The number of rotatable bonds is 3. The van der Waals surface area contributed by atoms with E-state index in [-0.39, 0.29) is 0 Å². The molecule has 1 rings (SSSR count). The summed E-state index contributed by atoms with van der Waals surface area (Å²) in [7, 11) is 0. The van der Waals surface area contributed by atoms with Crippen molar-refractivity contribution in [2.24, 2.45) is 17.6 Å². The van der Waals surface area contributed by atoms with Crippen LogP contribution in [-0.4, -0.2) is 22.3 Å². The lowest BCUT2D eigenvalue weighted by atomic mass is 9.79. The van der Waals surface area contributed by atoms with Crippen LogP contribution in [0.1, 0.15) is 0 Å². The Morgan fingerprint density at radius 1 is 1.29 bits per heavy atom. The minimum absolute atomic E-state index is 0.856. The van der Waals surface area contributed by atoms with Crippen molar-refractivity contribution in [3.05, 3.63) is 34.4 Å². The van der Waals surface area contributed by atoms with Gasteiger partial charge in [-0.1, -0.05) is 18.2 Å². The molecule has 0 aromatic carbocycles. The molecule has 0 spiro atoms. The van der Waals surface area contributed by atoms with Crippen LogP contribution in [0.4, 0.5) is 0 Å². The van der Waals surface area contributed by atoms with Crippen LogP contribution in [0.5, 0.6) is 0 Å². The third-order valence-corrected chi connectivity index (χ3v) is 2.46. The van der Waals surface area contributed by atoms with Gasteiger partial charge >= 0.3 is 11.4 Å². The SMILES string of the molecule is NNC(=O)C1C=CC=CC1(C(=O)NN)[N+](=O)[O-]. The van der Waals surface area contributed by atoms with Gasteiger partial charge in [-0.15, -0.1) is 0 Å². The predicted octanol–water partition coefficient (Wildman–Crippen LogP) is -2.28. The highest BCUT2D eigenvalue weighted by Crippen LogP contribution is 2.28. The third kappa shape index (κ3) is 1.88. The lowest BCUT2D eigenvalue weighted by molar-refractivity contribution is -0.543. The Kier molecular flexibility index (Phi) is 3.55. The number of carbonyl (C=O) groups is 2. The van der Waals surface area contributed by atoms with Crippen molar-refractivity contribution in [3.8, 4) is 0 Å². The van der Waals surface area contributed by atoms with Crippen LogP contribution in [0.2, 0.25) is 0 Å². The molecule has 0 radical (unpaired) electrons. The van der Waals surface area contributed by atoms with Crippen LogP contribution in [-0.2, 0) is 9.59 Å². The van der Waals surface area contributed by atoms with Crippen molar-refractivity contribution >= 4 is 11.8 Å². The smallest absolute Gasteiger partial charge is 0.293 e. The van der Waals surface area contributed by atoms with Crippen LogP contribution in [0.3, 0.4) is 0 Å². The molecule has 6 N–H and O–H groups in total. The van der Waals surface area contributed by atoms with Gasteiger partial charge in [-0.3, -0.25) is 30.6 Å². The summed E-state index contributed by atoms with van der Waals surface area (Å²) in [5, 5.41) is 11.1. The van der Waals surface area contributed by atoms with Crippen molar-refractivity contribution < 1.29 is 14.5 Å². The van der Waals surface area contributed by atoms with Crippen LogP contribution in [0, 0.1) is 16.0 Å². The molecule has 1 aliphatic rings. The number of nitrogens with zero attached hydrogens (tertiary/aromatic N) is 1. The Balaban J connectivity index is 3.31. The zero-order valence-corrected chi connectivity index (χ0v) is 8.62. The number of nitrogens with one attached hydrogen (secondary N) is 2. The molecule has 9 nitrogen and oxygen atoms in total. The van der Waals surface area contributed by atoms with E-state index in [9.17, 15) is 19.7 Å². The number of hydrogen-bond acceptors (Lipinski definition) is 6. The molecule has 0 aromatic rings. The number of amides is 2. The Bertz CT molecular complexity index is 418. The number of nitrogens with two attached hydrogens (primary N) is 2. The van der Waals surface area contributed by atoms with E-state index in [0.29, 0.717) is 0 Å². The third-order valence-electron chi connectivity index (χ3n) is 2.46. The minimum Gasteiger partial charge on any atom is -0.293 e. The molecule has 9 heteroatoms. The summed E-state index contributed by atoms with van der Waals surface area (Å²) in [4.78, 5) is 33.2. The lowest BCUT2D eigenvalue weighted by Gasteiger charge is -2.27. The van der Waals surface area contributed by atoms with Gasteiger partial charge in [-0.05, 0) is 0 Å². The second kappa shape index (κ2) is 4.72. The van der Waals surface area contributed by atoms with E-state index in [1.807, 2.05) is 0 Å². The van der Waals surface area contributed by atoms with Crippen LogP contribution < -0.4 is 22.5 Å². The van der Waals surface area contributed by atoms with E-state index in [1.165, 1.54) is 18.2 Å². The maximum Gasteiger partial charge on any atom is 0.333 e. The Labute approximate surface area is 95.6 Å². The number of hydrogen-bond donors (Lipinski definition) is 4.